The van der Waals surface area contributed by atoms with E-state index in [1.807, 2.05) is 19.1 Å². The van der Waals surface area contributed by atoms with Crippen LogP contribution in [0, 0.1) is 12.3 Å². The number of amides is 1. The van der Waals surface area contributed by atoms with E-state index in [2.05, 4.69) is 17.0 Å². The number of hydrogen-bond acceptors (Lipinski definition) is 7. The van der Waals surface area contributed by atoms with Crippen molar-refractivity contribution in [1.29, 1.82) is 5.41 Å². The molecule has 2 aliphatic heterocycles. The summed E-state index contributed by atoms with van der Waals surface area (Å²) in [6, 6.07) is 10.8. The third-order valence-corrected chi connectivity index (χ3v) is 6.87. The number of unbranched alkanes of at least 4 members (excludes halogenated alkanes) is 1. The summed E-state index contributed by atoms with van der Waals surface area (Å²) in [6.07, 6.45) is 4.47. The summed E-state index contributed by atoms with van der Waals surface area (Å²) in [7, 11) is 1.55. The van der Waals surface area contributed by atoms with E-state index in [0.29, 0.717) is 40.5 Å². The minimum atomic E-state index is -0.459. The van der Waals surface area contributed by atoms with Gasteiger partial charge in [-0.05, 0) is 79.1 Å². The van der Waals surface area contributed by atoms with Crippen LogP contribution in [-0.2, 0) is 4.79 Å². The molecule has 4 rings (SSSR count). The largest absolute Gasteiger partial charge is 0.493 e. The van der Waals surface area contributed by atoms with Crippen molar-refractivity contribution in [3.8, 4) is 17.2 Å². The maximum atomic E-state index is 12.7. The summed E-state index contributed by atoms with van der Waals surface area (Å²) in [4.78, 5) is 16.8. The molecule has 8 nitrogen and oxygen atoms in total. The Morgan fingerprint density at radius 1 is 1.14 bits per heavy atom. The van der Waals surface area contributed by atoms with Gasteiger partial charge >= 0.3 is 0 Å². The molecule has 2 aromatic carbocycles. The Balaban J connectivity index is 1.42. The van der Waals surface area contributed by atoms with Gasteiger partial charge in [0.05, 0.1) is 12.7 Å². The number of ether oxygens (including phenoxy) is 3. The van der Waals surface area contributed by atoms with Gasteiger partial charge in [0.25, 0.3) is 5.91 Å². The maximum absolute atomic E-state index is 12.7. The summed E-state index contributed by atoms with van der Waals surface area (Å²) in [5.74, 6) is 1.32. The van der Waals surface area contributed by atoms with Crippen LogP contribution in [0.1, 0.15) is 37.3 Å². The molecule has 0 saturated heterocycles. The van der Waals surface area contributed by atoms with Gasteiger partial charge in [-0.25, -0.2) is 0 Å². The van der Waals surface area contributed by atoms with E-state index in [1.54, 1.807) is 37.5 Å². The molecule has 1 amide bonds. The van der Waals surface area contributed by atoms with Gasteiger partial charge in [0.2, 0.25) is 5.17 Å². The van der Waals surface area contributed by atoms with Gasteiger partial charge < -0.3 is 14.2 Å². The molecule has 0 bridgehead atoms. The number of rotatable bonds is 10. The SMILES string of the molecule is CCCCC1=NN2C(=N)/C(=C/c3ccc(OCCOc4ccc(Cl)c(C)c4)c(OC)c3)C(=O)N=C2S1. The molecule has 188 valence electrons. The zero-order valence-electron chi connectivity index (χ0n) is 20.3. The Morgan fingerprint density at radius 2 is 1.94 bits per heavy atom. The molecule has 0 aliphatic carbocycles. The molecule has 0 aromatic heterocycles. The van der Waals surface area contributed by atoms with Gasteiger partial charge in [0, 0.05) is 5.02 Å². The van der Waals surface area contributed by atoms with Crippen LogP contribution in [0.25, 0.3) is 6.08 Å². The Kier molecular flexibility index (Phi) is 8.32. The summed E-state index contributed by atoms with van der Waals surface area (Å²) in [6.45, 7) is 4.68. The van der Waals surface area contributed by atoms with Crippen molar-refractivity contribution in [3.63, 3.8) is 0 Å². The molecule has 2 heterocycles. The highest BCUT2D eigenvalue weighted by atomic mass is 35.5. The number of hydrogen-bond donors (Lipinski definition) is 1. The highest BCUT2D eigenvalue weighted by molar-refractivity contribution is 8.26. The molecule has 0 radical (unpaired) electrons. The number of methoxy groups -OCH3 is 1. The number of carbonyl (C=O) groups is 1. The van der Waals surface area contributed by atoms with Gasteiger partial charge in [-0.3, -0.25) is 10.2 Å². The lowest BCUT2D eigenvalue weighted by Crippen LogP contribution is -2.35. The molecule has 0 saturated carbocycles. The quantitative estimate of drug-likeness (QED) is 0.305. The number of hydrazone groups is 1. The summed E-state index contributed by atoms with van der Waals surface area (Å²) in [5.41, 5.74) is 1.79. The zero-order valence-corrected chi connectivity index (χ0v) is 21.9. The second kappa shape index (κ2) is 11.6. The number of halogens is 1. The van der Waals surface area contributed by atoms with E-state index in [0.717, 1.165) is 35.6 Å². The topological polar surface area (TPSA) is 96.6 Å². The highest BCUT2D eigenvalue weighted by Crippen LogP contribution is 2.32. The standard InChI is InChI=1S/C26H27ClN4O4S/c1-4-5-6-23-30-31-24(28)19(25(32)29-26(31)36-23)14-17-7-10-21(22(15-17)33-3)35-12-11-34-18-8-9-20(27)16(2)13-18/h7-10,13-15,28H,4-6,11-12H2,1-3H3/b19-14-,28-24?. The number of nitrogens with one attached hydrogen (secondary N) is 1. The van der Waals surface area contributed by atoms with Crippen molar-refractivity contribution in [3.05, 3.63) is 58.1 Å². The highest BCUT2D eigenvalue weighted by Gasteiger charge is 2.35. The number of nitrogens with zero attached hydrogens (tertiary/aromatic N) is 3. The van der Waals surface area contributed by atoms with E-state index in [4.69, 9.17) is 31.2 Å². The summed E-state index contributed by atoms with van der Waals surface area (Å²) >= 11 is 7.40. The summed E-state index contributed by atoms with van der Waals surface area (Å²) in [5, 5.41) is 16.4. The zero-order chi connectivity index (χ0) is 25.7. The second-order valence-corrected chi connectivity index (χ2v) is 9.58. The predicted molar refractivity (Wildman–Crippen MR) is 145 cm³/mol. The number of aryl methyl sites for hydroxylation is 1. The lowest BCUT2D eigenvalue weighted by molar-refractivity contribution is -0.114. The van der Waals surface area contributed by atoms with E-state index < -0.39 is 5.91 Å². The molecule has 1 N–H and O–H groups in total. The van der Waals surface area contributed by atoms with Crippen LogP contribution < -0.4 is 14.2 Å². The molecule has 2 aromatic rings. The number of aliphatic imine (C=N–C) groups is 1. The van der Waals surface area contributed by atoms with Crippen molar-refractivity contribution < 1.29 is 19.0 Å². The smallest absolute Gasteiger partial charge is 0.283 e. The number of thioether (sulfide) groups is 1. The number of carbonyl (C=O) groups excluding carboxylic acids is 1. The fourth-order valence-corrected chi connectivity index (χ4v) is 4.58. The molecule has 0 unspecified atom stereocenters. The van der Waals surface area contributed by atoms with E-state index in [1.165, 1.54) is 16.8 Å². The number of benzene rings is 2. The Bertz CT molecular complexity index is 1270. The monoisotopic (exact) mass is 526 g/mol. The van der Waals surface area contributed by atoms with Gasteiger partial charge in [0.1, 0.15) is 24.0 Å². The third kappa shape index (κ3) is 5.91. The second-order valence-electron chi connectivity index (χ2n) is 8.14. The van der Waals surface area contributed by atoms with Crippen LogP contribution in [0.3, 0.4) is 0 Å². The van der Waals surface area contributed by atoms with Crippen LogP contribution in [0.15, 0.2) is 52.1 Å². The van der Waals surface area contributed by atoms with Crippen molar-refractivity contribution in [2.24, 2.45) is 10.1 Å². The molecular weight excluding hydrogens is 500 g/mol. The molecule has 2 aliphatic rings. The first-order valence-electron chi connectivity index (χ1n) is 11.6. The first kappa shape index (κ1) is 25.8. The Labute approximate surface area is 219 Å². The van der Waals surface area contributed by atoms with Gasteiger partial charge in [-0.1, -0.05) is 31.0 Å². The molecule has 36 heavy (non-hydrogen) atoms. The van der Waals surface area contributed by atoms with E-state index >= 15 is 0 Å². The van der Waals surface area contributed by atoms with E-state index in [9.17, 15) is 4.79 Å². The minimum absolute atomic E-state index is 0.0119. The van der Waals surface area contributed by atoms with Crippen LogP contribution in [0.5, 0.6) is 17.2 Å². The number of fused-ring (bicyclic) bond motifs is 1. The van der Waals surface area contributed by atoms with Crippen LogP contribution in [0.2, 0.25) is 5.02 Å². The summed E-state index contributed by atoms with van der Waals surface area (Å²) < 4.78 is 17.0. The van der Waals surface area contributed by atoms with Crippen molar-refractivity contribution >= 4 is 51.4 Å². The lowest BCUT2D eigenvalue weighted by Gasteiger charge is -2.20. The number of amidine groups is 2. The van der Waals surface area contributed by atoms with Crippen molar-refractivity contribution in [1.82, 2.24) is 5.01 Å². The lowest BCUT2D eigenvalue weighted by atomic mass is 10.1. The Hall–Kier alpha value is -3.30. The van der Waals surface area contributed by atoms with E-state index in [-0.39, 0.29) is 11.4 Å². The molecule has 0 atom stereocenters. The van der Waals surface area contributed by atoms with Gasteiger partial charge in [-0.2, -0.15) is 15.1 Å². The van der Waals surface area contributed by atoms with Crippen LogP contribution >= 0.6 is 23.4 Å². The molecule has 0 fully saturated rings. The fraction of sp³-hybridized carbons (Fsp3) is 0.308. The predicted octanol–water partition coefficient (Wildman–Crippen LogP) is 5.92. The molecule has 0 spiro atoms. The maximum Gasteiger partial charge on any atom is 0.283 e. The van der Waals surface area contributed by atoms with Gasteiger partial charge in [-0.15, -0.1) is 0 Å². The van der Waals surface area contributed by atoms with Crippen LogP contribution in [-0.4, -0.2) is 47.3 Å². The normalized spacial score (nSPS) is 16.1. The minimum Gasteiger partial charge on any atom is -0.493 e. The fourth-order valence-electron chi connectivity index (χ4n) is 3.54. The first-order chi connectivity index (χ1) is 17.4. The average molecular weight is 527 g/mol. The Morgan fingerprint density at radius 3 is 2.69 bits per heavy atom. The average Bonchev–Trinajstić information content (AvgIpc) is 3.28. The van der Waals surface area contributed by atoms with Crippen LogP contribution in [0.4, 0.5) is 0 Å². The van der Waals surface area contributed by atoms with Gasteiger partial charge in [0.15, 0.2) is 17.3 Å². The first-order valence-corrected chi connectivity index (χ1v) is 12.8. The van der Waals surface area contributed by atoms with Crippen molar-refractivity contribution in [2.75, 3.05) is 20.3 Å². The molecular formula is C26H27ClN4O4S. The molecule has 10 heteroatoms. The van der Waals surface area contributed by atoms with Crippen molar-refractivity contribution in [2.45, 2.75) is 33.1 Å². The third-order valence-electron chi connectivity index (χ3n) is 5.48.